The Kier molecular flexibility index (Phi) is 4.73. The van der Waals surface area contributed by atoms with Crippen LogP contribution in [0.5, 0.6) is 0 Å². The van der Waals surface area contributed by atoms with E-state index in [9.17, 15) is 17.6 Å². The highest BCUT2D eigenvalue weighted by Gasteiger charge is 2.33. The summed E-state index contributed by atoms with van der Waals surface area (Å²) in [6.45, 7) is 0.125. The molecular weight excluding hydrogens is 278 g/mol. The van der Waals surface area contributed by atoms with Gasteiger partial charge >= 0.3 is 6.18 Å². The van der Waals surface area contributed by atoms with E-state index in [-0.39, 0.29) is 18.2 Å². The average molecular weight is 293 g/mol. The maximum absolute atomic E-state index is 12.9. The van der Waals surface area contributed by atoms with Gasteiger partial charge in [-0.3, -0.25) is 0 Å². The summed E-state index contributed by atoms with van der Waals surface area (Å²) in [5.74, 6) is 1.18. The molecule has 0 spiro atoms. The fourth-order valence-corrected chi connectivity index (χ4v) is 3.23. The second-order valence-electron chi connectivity index (χ2n) is 4.59. The first-order valence-electron chi connectivity index (χ1n) is 6.13. The molecule has 19 heavy (non-hydrogen) atoms. The smallest absolute Gasteiger partial charge is 0.309 e. The standard InChI is InChI=1S/C13H15F4NS/c14-10-4-3-9(12(6-10)13(15,16)17)7-18-11-2-1-5-19-8-11/h3-4,6,11,18H,1-2,5,7-8H2. The maximum Gasteiger partial charge on any atom is 0.416 e. The van der Waals surface area contributed by atoms with Crippen LogP contribution >= 0.6 is 11.8 Å². The van der Waals surface area contributed by atoms with Crippen molar-refractivity contribution in [3.05, 3.63) is 35.1 Å². The summed E-state index contributed by atoms with van der Waals surface area (Å²) in [4.78, 5) is 0. The van der Waals surface area contributed by atoms with Crippen LogP contribution in [-0.4, -0.2) is 17.5 Å². The largest absolute Gasteiger partial charge is 0.416 e. The third kappa shape index (κ3) is 4.11. The number of halogens is 4. The van der Waals surface area contributed by atoms with Crippen molar-refractivity contribution in [3.8, 4) is 0 Å². The van der Waals surface area contributed by atoms with Gasteiger partial charge in [0, 0.05) is 18.3 Å². The Bertz CT molecular complexity index is 427. The molecule has 1 heterocycles. The van der Waals surface area contributed by atoms with E-state index >= 15 is 0 Å². The summed E-state index contributed by atoms with van der Waals surface area (Å²) in [6, 6.07) is 3.08. The topological polar surface area (TPSA) is 12.0 Å². The number of hydrogen-bond donors (Lipinski definition) is 1. The molecule has 2 rings (SSSR count). The lowest BCUT2D eigenvalue weighted by molar-refractivity contribution is -0.138. The van der Waals surface area contributed by atoms with Gasteiger partial charge in [-0.25, -0.2) is 4.39 Å². The zero-order valence-electron chi connectivity index (χ0n) is 10.3. The molecule has 1 atom stereocenters. The van der Waals surface area contributed by atoms with Crippen molar-refractivity contribution >= 4 is 11.8 Å². The lowest BCUT2D eigenvalue weighted by atomic mass is 10.1. The molecular formula is C13H15F4NS. The van der Waals surface area contributed by atoms with Crippen molar-refractivity contribution in [3.63, 3.8) is 0 Å². The van der Waals surface area contributed by atoms with Crippen molar-refractivity contribution < 1.29 is 17.6 Å². The Labute approximate surface area is 113 Å². The molecule has 0 aromatic heterocycles. The molecule has 0 aliphatic carbocycles. The van der Waals surface area contributed by atoms with Gasteiger partial charge in [0.1, 0.15) is 5.82 Å². The van der Waals surface area contributed by atoms with Crippen LogP contribution in [0.25, 0.3) is 0 Å². The molecule has 6 heteroatoms. The van der Waals surface area contributed by atoms with Gasteiger partial charge in [-0.2, -0.15) is 24.9 Å². The van der Waals surface area contributed by atoms with Crippen molar-refractivity contribution in [1.29, 1.82) is 0 Å². The third-order valence-electron chi connectivity index (χ3n) is 3.12. The number of alkyl halides is 3. The molecule has 106 valence electrons. The quantitative estimate of drug-likeness (QED) is 0.850. The van der Waals surface area contributed by atoms with Crippen LogP contribution < -0.4 is 5.32 Å². The highest BCUT2D eigenvalue weighted by Crippen LogP contribution is 2.32. The van der Waals surface area contributed by atoms with Crippen LogP contribution in [0, 0.1) is 5.82 Å². The van der Waals surface area contributed by atoms with E-state index in [4.69, 9.17) is 0 Å². The number of rotatable bonds is 3. The van der Waals surface area contributed by atoms with E-state index in [0.717, 1.165) is 30.4 Å². The number of hydrogen-bond acceptors (Lipinski definition) is 2. The van der Waals surface area contributed by atoms with Crippen molar-refractivity contribution in [2.75, 3.05) is 11.5 Å². The second-order valence-corrected chi connectivity index (χ2v) is 5.74. The van der Waals surface area contributed by atoms with Crippen LogP contribution in [0.4, 0.5) is 17.6 Å². The lowest BCUT2D eigenvalue weighted by Gasteiger charge is -2.23. The third-order valence-corrected chi connectivity index (χ3v) is 4.33. The monoisotopic (exact) mass is 293 g/mol. The van der Waals surface area contributed by atoms with Gasteiger partial charge in [0.05, 0.1) is 5.56 Å². The Balaban J connectivity index is 2.06. The number of nitrogens with one attached hydrogen (secondary N) is 1. The molecule has 1 fully saturated rings. The predicted octanol–water partition coefficient (Wildman–Crippen LogP) is 3.83. The van der Waals surface area contributed by atoms with E-state index in [2.05, 4.69) is 5.32 Å². The van der Waals surface area contributed by atoms with Gasteiger partial charge in [0.15, 0.2) is 0 Å². The van der Waals surface area contributed by atoms with E-state index in [1.54, 1.807) is 11.8 Å². The minimum atomic E-state index is -4.51. The van der Waals surface area contributed by atoms with Crippen LogP contribution in [0.15, 0.2) is 18.2 Å². The van der Waals surface area contributed by atoms with Crippen molar-refractivity contribution in [2.45, 2.75) is 31.6 Å². The summed E-state index contributed by atoms with van der Waals surface area (Å²) in [5, 5.41) is 3.13. The summed E-state index contributed by atoms with van der Waals surface area (Å²) >= 11 is 1.81. The molecule has 1 aromatic carbocycles. The van der Waals surface area contributed by atoms with Gasteiger partial charge in [-0.1, -0.05) is 6.07 Å². The Morgan fingerprint density at radius 1 is 1.32 bits per heavy atom. The molecule has 0 radical (unpaired) electrons. The fraction of sp³-hybridized carbons (Fsp3) is 0.538. The first kappa shape index (κ1) is 14.7. The zero-order valence-corrected chi connectivity index (χ0v) is 11.1. The molecule has 1 unspecified atom stereocenters. The molecule has 1 aliphatic rings. The minimum Gasteiger partial charge on any atom is -0.309 e. The molecule has 0 saturated carbocycles. The molecule has 1 aliphatic heterocycles. The van der Waals surface area contributed by atoms with Crippen molar-refractivity contribution in [1.82, 2.24) is 5.32 Å². The Morgan fingerprint density at radius 2 is 2.11 bits per heavy atom. The summed E-state index contributed by atoms with van der Waals surface area (Å²) in [7, 11) is 0. The number of benzene rings is 1. The highest BCUT2D eigenvalue weighted by molar-refractivity contribution is 7.99. The average Bonchev–Trinajstić information content (AvgIpc) is 2.37. The number of thioether (sulfide) groups is 1. The van der Waals surface area contributed by atoms with Gasteiger partial charge in [0.25, 0.3) is 0 Å². The van der Waals surface area contributed by atoms with Crippen LogP contribution in [0.1, 0.15) is 24.0 Å². The van der Waals surface area contributed by atoms with E-state index in [1.165, 1.54) is 6.07 Å². The first-order chi connectivity index (χ1) is 8.97. The summed E-state index contributed by atoms with van der Waals surface area (Å²) < 4.78 is 51.3. The molecule has 1 N–H and O–H groups in total. The van der Waals surface area contributed by atoms with Gasteiger partial charge in [-0.05, 0) is 36.3 Å². The highest BCUT2D eigenvalue weighted by atomic mass is 32.2. The zero-order chi connectivity index (χ0) is 13.9. The minimum absolute atomic E-state index is 0.101. The van der Waals surface area contributed by atoms with Gasteiger partial charge in [-0.15, -0.1) is 0 Å². The lowest BCUT2D eigenvalue weighted by Crippen LogP contribution is -2.33. The fourth-order valence-electron chi connectivity index (χ4n) is 2.12. The summed E-state index contributed by atoms with van der Waals surface area (Å²) in [5.41, 5.74) is -0.784. The summed E-state index contributed by atoms with van der Waals surface area (Å²) in [6.07, 6.45) is -2.45. The van der Waals surface area contributed by atoms with Crippen LogP contribution in [0.2, 0.25) is 0 Å². The van der Waals surface area contributed by atoms with E-state index in [1.807, 2.05) is 0 Å². The van der Waals surface area contributed by atoms with Crippen LogP contribution in [-0.2, 0) is 12.7 Å². The Morgan fingerprint density at radius 3 is 2.74 bits per heavy atom. The van der Waals surface area contributed by atoms with Crippen LogP contribution in [0.3, 0.4) is 0 Å². The SMILES string of the molecule is Fc1ccc(CNC2CCCSC2)c(C(F)(F)F)c1. The van der Waals surface area contributed by atoms with Gasteiger partial charge < -0.3 is 5.32 Å². The first-order valence-corrected chi connectivity index (χ1v) is 7.29. The Hall–Kier alpha value is -0.750. The maximum atomic E-state index is 12.9. The molecule has 0 bridgehead atoms. The van der Waals surface area contributed by atoms with Crippen molar-refractivity contribution in [2.24, 2.45) is 0 Å². The molecule has 0 amide bonds. The van der Waals surface area contributed by atoms with Gasteiger partial charge in [0.2, 0.25) is 0 Å². The second kappa shape index (κ2) is 6.13. The molecule has 1 aromatic rings. The van der Waals surface area contributed by atoms with E-state index in [0.29, 0.717) is 6.07 Å². The normalized spacial score (nSPS) is 20.5. The van der Waals surface area contributed by atoms with E-state index < -0.39 is 17.6 Å². The molecule has 1 nitrogen and oxygen atoms in total. The predicted molar refractivity (Wildman–Crippen MR) is 68.6 cm³/mol. The molecule has 1 saturated heterocycles.